The Kier molecular flexibility index (Phi) is 4.20. The van der Waals surface area contributed by atoms with Crippen LogP contribution < -0.4 is 4.90 Å². The van der Waals surface area contributed by atoms with Crippen molar-refractivity contribution in [1.29, 1.82) is 0 Å². The van der Waals surface area contributed by atoms with Crippen molar-refractivity contribution >= 4 is 5.95 Å². The summed E-state index contributed by atoms with van der Waals surface area (Å²) in [5.41, 5.74) is -0.727. The van der Waals surface area contributed by atoms with Crippen LogP contribution in [-0.4, -0.2) is 23.1 Å². The Morgan fingerprint density at radius 1 is 1.40 bits per heavy atom. The van der Waals surface area contributed by atoms with Crippen molar-refractivity contribution in [2.45, 2.75) is 45.7 Å². The summed E-state index contributed by atoms with van der Waals surface area (Å²) in [6.07, 6.45) is 1.000. The third-order valence-corrected chi connectivity index (χ3v) is 3.85. The lowest BCUT2D eigenvalue weighted by molar-refractivity contribution is -0.141. The summed E-state index contributed by atoms with van der Waals surface area (Å²) in [6, 6.07) is 0.915. The number of aromatic nitrogens is 2. The molecule has 1 fully saturated rings. The molecule has 1 saturated heterocycles. The van der Waals surface area contributed by atoms with E-state index in [-0.39, 0.29) is 11.4 Å². The summed E-state index contributed by atoms with van der Waals surface area (Å²) >= 11 is 0. The summed E-state index contributed by atoms with van der Waals surface area (Å²) in [5, 5.41) is 0. The molecule has 1 atom stereocenters. The first-order valence-corrected chi connectivity index (χ1v) is 6.99. The van der Waals surface area contributed by atoms with Crippen LogP contribution in [0.15, 0.2) is 12.3 Å². The Hall–Kier alpha value is -1.33. The number of hydrogen-bond acceptors (Lipinski definition) is 3. The minimum absolute atomic E-state index is 0.143. The molecule has 0 radical (unpaired) electrons. The van der Waals surface area contributed by atoms with Crippen LogP contribution in [0.4, 0.5) is 19.1 Å². The maximum atomic E-state index is 12.7. The molecule has 0 N–H and O–H groups in total. The van der Waals surface area contributed by atoms with E-state index in [1.165, 1.54) is 6.20 Å². The van der Waals surface area contributed by atoms with E-state index in [1.807, 2.05) is 4.90 Å². The van der Waals surface area contributed by atoms with Gasteiger partial charge >= 0.3 is 6.18 Å². The summed E-state index contributed by atoms with van der Waals surface area (Å²) in [4.78, 5) is 9.58. The third-order valence-electron chi connectivity index (χ3n) is 3.85. The van der Waals surface area contributed by atoms with Crippen molar-refractivity contribution < 1.29 is 13.2 Å². The van der Waals surface area contributed by atoms with Crippen molar-refractivity contribution in [3.8, 4) is 0 Å². The van der Waals surface area contributed by atoms with Crippen molar-refractivity contribution in [2.75, 3.05) is 18.0 Å². The van der Waals surface area contributed by atoms with Gasteiger partial charge in [0.15, 0.2) is 0 Å². The molecule has 1 aliphatic heterocycles. The number of anilines is 1. The van der Waals surface area contributed by atoms with Gasteiger partial charge < -0.3 is 4.90 Å². The van der Waals surface area contributed by atoms with Crippen LogP contribution in [0.1, 0.15) is 45.2 Å². The van der Waals surface area contributed by atoms with Crippen molar-refractivity contribution in [3.05, 3.63) is 18.0 Å². The number of piperidine rings is 1. The quantitative estimate of drug-likeness (QED) is 0.844. The molecule has 1 aliphatic rings. The Balaban J connectivity index is 2.19. The van der Waals surface area contributed by atoms with Gasteiger partial charge in [0.05, 0.1) is 0 Å². The zero-order valence-electron chi connectivity index (χ0n) is 11.9. The molecule has 6 heteroatoms. The molecule has 2 rings (SSSR count). The number of nitrogens with zero attached hydrogens (tertiary/aromatic N) is 3. The molecule has 0 saturated carbocycles. The average Bonchev–Trinajstić information content (AvgIpc) is 2.38. The highest BCUT2D eigenvalue weighted by molar-refractivity contribution is 5.32. The van der Waals surface area contributed by atoms with Crippen LogP contribution in [0.25, 0.3) is 0 Å². The number of halogens is 3. The van der Waals surface area contributed by atoms with E-state index < -0.39 is 11.9 Å². The Bertz CT molecular complexity index is 457. The SMILES string of the molecule is CCCC1(C)CCCN(c2nccc(C(F)(F)F)n2)C1. The number of rotatable bonds is 3. The second-order valence-corrected chi connectivity index (χ2v) is 5.83. The van der Waals surface area contributed by atoms with Gasteiger partial charge in [-0.3, -0.25) is 0 Å². The van der Waals surface area contributed by atoms with Gasteiger partial charge in [0.1, 0.15) is 5.69 Å². The predicted octanol–water partition coefficient (Wildman–Crippen LogP) is 3.90. The largest absolute Gasteiger partial charge is 0.433 e. The molecule has 0 amide bonds. The maximum Gasteiger partial charge on any atom is 0.433 e. The van der Waals surface area contributed by atoms with E-state index >= 15 is 0 Å². The first kappa shape index (κ1) is 15.1. The van der Waals surface area contributed by atoms with E-state index in [0.717, 1.165) is 44.8 Å². The van der Waals surface area contributed by atoms with Gasteiger partial charge in [-0.2, -0.15) is 13.2 Å². The van der Waals surface area contributed by atoms with Crippen LogP contribution in [0.3, 0.4) is 0 Å². The molecule has 1 aromatic heterocycles. The summed E-state index contributed by atoms with van der Waals surface area (Å²) in [5.74, 6) is 0.196. The minimum atomic E-state index is -4.42. The van der Waals surface area contributed by atoms with Gasteiger partial charge in [-0.15, -0.1) is 0 Å². The molecule has 0 aromatic carbocycles. The second kappa shape index (κ2) is 5.58. The van der Waals surface area contributed by atoms with Crippen LogP contribution in [0.5, 0.6) is 0 Å². The van der Waals surface area contributed by atoms with Crippen molar-refractivity contribution in [3.63, 3.8) is 0 Å². The monoisotopic (exact) mass is 287 g/mol. The van der Waals surface area contributed by atoms with E-state index in [0.29, 0.717) is 0 Å². The van der Waals surface area contributed by atoms with Crippen molar-refractivity contribution in [2.24, 2.45) is 5.41 Å². The molecule has 0 spiro atoms. The zero-order chi connectivity index (χ0) is 14.8. The van der Waals surface area contributed by atoms with E-state index in [4.69, 9.17) is 0 Å². The molecule has 1 unspecified atom stereocenters. The molecule has 112 valence electrons. The standard InChI is InChI=1S/C14H20F3N3/c1-3-6-13(2)7-4-9-20(10-13)12-18-8-5-11(19-12)14(15,16)17/h5,8H,3-4,6-7,9-10H2,1-2H3. The Morgan fingerprint density at radius 2 is 2.15 bits per heavy atom. The fourth-order valence-corrected chi connectivity index (χ4v) is 2.95. The summed E-state index contributed by atoms with van der Waals surface area (Å²) in [6.45, 7) is 5.77. The van der Waals surface area contributed by atoms with E-state index in [9.17, 15) is 13.2 Å². The van der Waals surface area contributed by atoms with Gasteiger partial charge in [-0.05, 0) is 30.7 Å². The van der Waals surface area contributed by atoms with Gasteiger partial charge in [0.2, 0.25) is 5.95 Å². The highest BCUT2D eigenvalue weighted by atomic mass is 19.4. The first-order chi connectivity index (χ1) is 9.34. The molecule has 0 aliphatic carbocycles. The summed E-state index contributed by atoms with van der Waals surface area (Å²) in [7, 11) is 0. The zero-order valence-corrected chi connectivity index (χ0v) is 11.9. The fraction of sp³-hybridized carbons (Fsp3) is 0.714. The Morgan fingerprint density at radius 3 is 2.80 bits per heavy atom. The van der Waals surface area contributed by atoms with Crippen LogP contribution in [0.2, 0.25) is 0 Å². The van der Waals surface area contributed by atoms with Gasteiger partial charge in [0, 0.05) is 19.3 Å². The second-order valence-electron chi connectivity index (χ2n) is 5.83. The van der Waals surface area contributed by atoms with Gasteiger partial charge in [-0.1, -0.05) is 20.3 Å². The predicted molar refractivity (Wildman–Crippen MR) is 71.5 cm³/mol. The normalized spacial score (nSPS) is 23.9. The fourth-order valence-electron chi connectivity index (χ4n) is 2.95. The Labute approximate surface area is 117 Å². The van der Waals surface area contributed by atoms with Crippen LogP contribution >= 0.6 is 0 Å². The first-order valence-electron chi connectivity index (χ1n) is 6.99. The maximum absolute atomic E-state index is 12.7. The van der Waals surface area contributed by atoms with E-state index in [1.54, 1.807) is 0 Å². The molecular formula is C14H20F3N3. The summed E-state index contributed by atoms with van der Waals surface area (Å²) < 4.78 is 38.1. The van der Waals surface area contributed by atoms with Gasteiger partial charge in [0.25, 0.3) is 0 Å². The lowest BCUT2D eigenvalue weighted by Gasteiger charge is -2.40. The molecule has 0 bridgehead atoms. The van der Waals surface area contributed by atoms with E-state index in [2.05, 4.69) is 23.8 Å². The average molecular weight is 287 g/mol. The number of hydrogen-bond donors (Lipinski definition) is 0. The topological polar surface area (TPSA) is 29.0 Å². The molecule has 20 heavy (non-hydrogen) atoms. The minimum Gasteiger partial charge on any atom is -0.340 e. The highest BCUT2D eigenvalue weighted by Crippen LogP contribution is 2.35. The molecule has 1 aromatic rings. The van der Waals surface area contributed by atoms with Crippen LogP contribution in [-0.2, 0) is 6.18 Å². The molecule has 3 nitrogen and oxygen atoms in total. The third kappa shape index (κ3) is 3.41. The molecular weight excluding hydrogens is 267 g/mol. The van der Waals surface area contributed by atoms with Crippen molar-refractivity contribution in [1.82, 2.24) is 9.97 Å². The highest BCUT2D eigenvalue weighted by Gasteiger charge is 2.35. The van der Waals surface area contributed by atoms with Crippen LogP contribution in [0, 0.1) is 5.41 Å². The number of alkyl halides is 3. The van der Waals surface area contributed by atoms with Gasteiger partial charge in [-0.25, -0.2) is 9.97 Å². The smallest absolute Gasteiger partial charge is 0.340 e. The molecule has 2 heterocycles. The lowest BCUT2D eigenvalue weighted by atomic mass is 9.78. The lowest BCUT2D eigenvalue weighted by Crippen LogP contribution is -2.42.